The van der Waals surface area contributed by atoms with Crippen LogP contribution in [0, 0.1) is 11.7 Å². The van der Waals surface area contributed by atoms with Crippen LogP contribution in [0.2, 0.25) is 0 Å². The molecule has 0 heterocycles. The number of carbonyl (C=O) groups is 2. The van der Waals surface area contributed by atoms with Crippen LogP contribution in [-0.4, -0.2) is 35.1 Å². The van der Waals surface area contributed by atoms with Crippen molar-refractivity contribution in [1.82, 2.24) is 10.2 Å². The van der Waals surface area contributed by atoms with Gasteiger partial charge in [-0.1, -0.05) is 38.5 Å². The molecule has 2 atom stereocenters. The van der Waals surface area contributed by atoms with E-state index < -0.39 is 23.9 Å². The zero-order chi connectivity index (χ0) is 16.0. The minimum atomic E-state index is -1.07. The first-order valence-corrected chi connectivity index (χ1v) is 6.84. The van der Waals surface area contributed by atoms with Gasteiger partial charge in [0.05, 0.1) is 0 Å². The largest absolute Gasteiger partial charge is 0.480 e. The van der Waals surface area contributed by atoms with Crippen molar-refractivity contribution in [3.8, 4) is 0 Å². The first-order chi connectivity index (χ1) is 9.86. The molecule has 21 heavy (non-hydrogen) atoms. The lowest BCUT2D eigenvalue weighted by atomic mass is 9.99. The number of hydrogen-bond acceptors (Lipinski definition) is 2. The van der Waals surface area contributed by atoms with E-state index in [1.807, 2.05) is 6.92 Å². The summed E-state index contributed by atoms with van der Waals surface area (Å²) >= 11 is 0. The molecule has 2 unspecified atom stereocenters. The summed E-state index contributed by atoms with van der Waals surface area (Å²) in [4.78, 5) is 24.5. The standard InChI is InChI=1S/C15H21FN2O3/c1-4-10(2)13(14(19)20)17-15(21)18(3)9-11-7-5-6-8-12(11)16/h5-8,10,13H,4,9H2,1-3H3,(H,17,21)(H,19,20). The Morgan fingerprint density at radius 1 is 1.38 bits per heavy atom. The highest BCUT2D eigenvalue weighted by molar-refractivity contribution is 5.82. The Morgan fingerprint density at radius 3 is 2.52 bits per heavy atom. The van der Waals surface area contributed by atoms with Crippen LogP contribution in [0.5, 0.6) is 0 Å². The van der Waals surface area contributed by atoms with E-state index >= 15 is 0 Å². The van der Waals surface area contributed by atoms with Crippen molar-refractivity contribution in [2.75, 3.05) is 7.05 Å². The molecule has 0 radical (unpaired) electrons. The smallest absolute Gasteiger partial charge is 0.326 e. The Morgan fingerprint density at radius 2 is 2.00 bits per heavy atom. The molecular formula is C15H21FN2O3. The molecule has 116 valence electrons. The van der Waals surface area contributed by atoms with Gasteiger partial charge in [0.25, 0.3) is 0 Å². The van der Waals surface area contributed by atoms with Crippen molar-refractivity contribution in [2.24, 2.45) is 5.92 Å². The number of carbonyl (C=O) groups excluding carboxylic acids is 1. The molecule has 5 nitrogen and oxygen atoms in total. The quantitative estimate of drug-likeness (QED) is 0.847. The molecule has 0 fully saturated rings. The number of rotatable bonds is 6. The average Bonchev–Trinajstić information content (AvgIpc) is 2.45. The molecule has 6 heteroatoms. The summed E-state index contributed by atoms with van der Waals surface area (Å²) in [5.41, 5.74) is 0.380. The maximum absolute atomic E-state index is 13.5. The second-order valence-corrected chi connectivity index (χ2v) is 5.10. The predicted molar refractivity (Wildman–Crippen MR) is 77.3 cm³/mol. The summed E-state index contributed by atoms with van der Waals surface area (Å²) in [5, 5.41) is 11.6. The summed E-state index contributed by atoms with van der Waals surface area (Å²) in [6, 6.07) is 4.67. The molecule has 0 bridgehead atoms. The molecule has 0 aliphatic rings. The van der Waals surface area contributed by atoms with Crippen molar-refractivity contribution in [3.63, 3.8) is 0 Å². The maximum Gasteiger partial charge on any atom is 0.326 e. The molecule has 0 aliphatic carbocycles. The van der Waals surface area contributed by atoms with Gasteiger partial charge in [-0.2, -0.15) is 0 Å². The monoisotopic (exact) mass is 296 g/mol. The van der Waals surface area contributed by atoms with Gasteiger partial charge < -0.3 is 15.3 Å². The second kappa shape index (κ2) is 7.61. The Kier molecular flexibility index (Phi) is 6.14. The van der Waals surface area contributed by atoms with E-state index in [-0.39, 0.29) is 12.5 Å². The van der Waals surface area contributed by atoms with Gasteiger partial charge in [-0.05, 0) is 12.0 Å². The van der Waals surface area contributed by atoms with Crippen molar-refractivity contribution >= 4 is 12.0 Å². The van der Waals surface area contributed by atoms with E-state index in [1.54, 1.807) is 25.1 Å². The lowest BCUT2D eigenvalue weighted by molar-refractivity contribution is -0.140. The van der Waals surface area contributed by atoms with Crippen LogP contribution in [0.1, 0.15) is 25.8 Å². The lowest BCUT2D eigenvalue weighted by Crippen LogP contribution is -2.49. The molecule has 0 saturated heterocycles. The SMILES string of the molecule is CCC(C)C(NC(=O)N(C)Cc1ccccc1F)C(=O)O. The normalized spacial score (nSPS) is 13.3. The molecule has 2 N–H and O–H groups in total. The van der Waals surface area contributed by atoms with Crippen LogP contribution in [0.15, 0.2) is 24.3 Å². The Hall–Kier alpha value is -2.11. The number of amides is 2. The van der Waals surface area contributed by atoms with E-state index in [0.29, 0.717) is 12.0 Å². The number of carboxylic acid groups (broad SMARTS) is 1. The zero-order valence-electron chi connectivity index (χ0n) is 12.5. The third-order valence-corrected chi connectivity index (χ3v) is 3.47. The molecule has 1 aromatic rings. The number of benzene rings is 1. The van der Waals surface area contributed by atoms with Crippen molar-refractivity contribution < 1.29 is 19.1 Å². The Bertz CT molecular complexity index is 507. The van der Waals surface area contributed by atoms with Gasteiger partial charge >= 0.3 is 12.0 Å². The van der Waals surface area contributed by atoms with E-state index in [9.17, 15) is 14.0 Å². The van der Waals surface area contributed by atoms with Gasteiger partial charge in [-0.3, -0.25) is 0 Å². The van der Waals surface area contributed by atoms with Gasteiger partial charge in [0.2, 0.25) is 0 Å². The minimum absolute atomic E-state index is 0.0748. The van der Waals surface area contributed by atoms with Crippen molar-refractivity contribution in [3.05, 3.63) is 35.6 Å². The molecule has 1 aromatic carbocycles. The molecule has 1 rings (SSSR count). The Balaban J connectivity index is 2.70. The fourth-order valence-corrected chi connectivity index (χ4v) is 1.88. The summed E-state index contributed by atoms with van der Waals surface area (Å²) in [5.74, 6) is -1.65. The van der Waals surface area contributed by atoms with Gasteiger partial charge in [0, 0.05) is 19.2 Å². The summed E-state index contributed by atoms with van der Waals surface area (Å²) in [6.07, 6.45) is 0.633. The predicted octanol–water partition coefficient (Wildman–Crippen LogP) is 2.47. The number of halogens is 1. The van der Waals surface area contributed by atoms with Gasteiger partial charge in [-0.15, -0.1) is 0 Å². The fraction of sp³-hybridized carbons (Fsp3) is 0.467. The molecular weight excluding hydrogens is 275 g/mol. The molecule has 2 amide bonds. The molecule has 0 aromatic heterocycles. The molecule has 0 saturated carbocycles. The van der Waals surface area contributed by atoms with E-state index in [1.165, 1.54) is 18.0 Å². The zero-order valence-corrected chi connectivity index (χ0v) is 12.5. The number of nitrogens with one attached hydrogen (secondary N) is 1. The minimum Gasteiger partial charge on any atom is -0.480 e. The third kappa shape index (κ3) is 4.73. The highest BCUT2D eigenvalue weighted by atomic mass is 19.1. The Labute approximate surface area is 123 Å². The van der Waals surface area contributed by atoms with Gasteiger partial charge in [-0.25, -0.2) is 14.0 Å². The van der Waals surface area contributed by atoms with E-state index in [0.717, 1.165) is 0 Å². The number of carboxylic acids is 1. The number of hydrogen-bond donors (Lipinski definition) is 2. The van der Waals surface area contributed by atoms with Crippen LogP contribution in [-0.2, 0) is 11.3 Å². The highest BCUT2D eigenvalue weighted by Crippen LogP contribution is 2.11. The summed E-state index contributed by atoms with van der Waals surface area (Å²) in [7, 11) is 1.50. The number of aliphatic carboxylic acids is 1. The van der Waals surface area contributed by atoms with Gasteiger partial charge in [0.1, 0.15) is 11.9 Å². The highest BCUT2D eigenvalue weighted by Gasteiger charge is 2.26. The molecule has 0 spiro atoms. The topological polar surface area (TPSA) is 69.6 Å². The lowest BCUT2D eigenvalue weighted by Gasteiger charge is -2.24. The average molecular weight is 296 g/mol. The fourth-order valence-electron chi connectivity index (χ4n) is 1.88. The van der Waals surface area contributed by atoms with Crippen molar-refractivity contribution in [1.29, 1.82) is 0 Å². The van der Waals surface area contributed by atoms with Gasteiger partial charge in [0.15, 0.2) is 0 Å². The van der Waals surface area contributed by atoms with Crippen LogP contribution >= 0.6 is 0 Å². The first-order valence-electron chi connectivity index (χ1n) is 6.84. The van der Waals surface area contributed by atoms with E-state index in [4.69, 9.17) is 5.11 Å². The number of nitrogens with zero attached hydrogens (tertiary/aromatic N) is 1. The summed E-state index contributed by atoms with van der Waals surface area (Å²) < 4.78 is 13.5. The summed E-state index contributed by atoms with van der Waals surface area (Å²) in [6.45, 7) is 3.69. The van der Waals surface area contributed by atoms with Crippen LogP contribution < -0.4 is 5.32 Å². The van der Waals surface area contributed by atoms with Crippen LogP contribution in [0.3, 0.4) is 0 Å². The van der Waals surface area contributed by atoms with Crippen LogP contribution in [0.4, 0.5) is 9.18 Å². The first kappa shape index (κ1) is 16.9. The van der Waals surface area contributed by atoms with Crippen molar-refractivity contribution in [2.45, 2.75) is 32.9 Å². The third-order valence-electron chi connectivity index (χ3n) is 3.47. The number of urea groups is 1. The van der Waals surface area contributed by atoms with Crippen LogP contribution in [0.25, 0.3) is 0 Å². The molecule has 0 aliphatic heterocycles. The maximum atomic E-state index is 13.5. The van der Waals surface area contributed by atoms with E-state index in [2.05, 4.69) is 5.32 Å². The second-order valence-electron chi connectivity index (χ2n) is 5.10.